The summed E-state index contributed by atoms with van der Waals surface area (Å²) >= 11 is 1.47. The SMILES string of the molecule is CCC(C)c1ccccc1NC(=O)CN1C(=O)CSC=C1c1ccccc1. The Hall–Kier alpha value is -2.53. The lowest BCUT2D eigenvalue weighted by molar-refractivity contribution is -0.129. The summed E-state index contributed by atoms with van der Waals surface area (Å²) in [6.45, 7) is 4.28. The van der Waals surface area contributed by atoms with E-state index in [2.05, 4.69) is 19.2 Å². The molecule has 0 fully saturated rings. The van der Waals surface area contributed by atoms with Crippen molar-refractivity contribution in [2.75, 3.05) is 17.6 Å². The molecular weight excluding hydrogens is 356 g/mol. The van der Waals surface area contributed by atoms with Crippen molar-refractivity contribution in [1.29, 1.82) is 0 Å². The zero-order chi connectivity index (χ0) is 19.2. The second-order valence-corrected chi connectivity index (χ2v) is 7.46. The lowest BCUT2D eigenvalue weighted by Crippen LogP contribution is -2.39. The van der Waals surface area contributed by atoms with Gasteiger partial charge in [-0.05, 0) is 34.9 Å². The van der Waals surface area contributed by atoms with E-state index in [0.29, 0.717) is 11.7 Å². The van der Waals surface area contributed by atoms with E-state index in [1.807, 2.05) is 60.0 Å². The van der Waals surface area contributed by atoms with Crippen LogP contribution in [0.3, 0.4) is 0 Å². The third-order valence-corrected chi connectivity index (χ3v) is 5.55. The Bertz CT molecular complexity index is 848. The van der Waals surface area contributed by atoms with Gasteiger partial charge in [0, 0.05) is 5.69 Å². The molecule has 1 heterocycles. The zero-order valence-electron chi connectivity index (χ0n) is 15.6. The standard InChI is InChI=1S/C22H24N2O2S/c1-3-16(2)18-11-7-8-12-19(18)23-21(25)13-24-20(14-27-15-22(24)26)17-9-5-4-6-10-17/h4-12,14,16H,3,13,15H2,1-2H3,(H,23,25). The summed E-state index contributed by atoms with van der Waals surface area (Å²) in [6, 6.07) is 17.6. The number of hydrogen-bond acceptors (Lipinski definition) is 3. The lowest BCUT2D eigenvalue weighted by atomic mass is 9.97. The predicted octanol–water partition coefficient (Wildman–Crippen LogP) is 4.71. The van der Waals surface area contributed by atoms with Gasteiger partial charge in [0.15, 0.2) is 0 Å². The third kappa shape index (κ3) is 4.61. The minimum Gasteiger partial charge on any atom is -0.324 e. The first-order valence-corrected chi connectivity index (χ1v) is 10.2. The number of nitrogens with zero attached hydrogens (tertiary/aromatic N) is 1. The number of anilines is 1. The first-order chi connectivity index (χ1) is 13.1. The van der Waals surface area contributed by atoms with Gasteiger partial charge in [0.25, 0.3) is 0 Å². The summed E-state index contributed by atoms with van der Waals surface area (Å²) in [4.78, 5) is 26.8. The average Bonchev–Trinajstić information content (AvgIpc) is 2.70. The molecule has 0 radical (unpaired) electrons. The highest BCUT2D eigenvalue weighted by atomic mass is 32.2. The fraction of sp³-hybridized carbons (Fsp3) is 0.273. The van der Waals surface area contributed by atoms with Gasteiger partial charge in [-0.25, -0.2) is 0 Å². The molecule has 1 unspecified atom stereocenters. The molecule has 0 saturated carbocycles. The minimum atomic E-state index is -0.187. The summed E-state index contributed by atoms with van der Waals surface area (Å²) in [5, 5.41) is 4.95. The molecule has 2 aromatic rings. The number of benzene rings is 2. The van der Waals surface area contributed by atoms with Gasteiger partial charge in [-0.3, -0.25) is 9.59 Å². The molecule has 27 heavy (non-hydrogen) atoms. The number of carbonyl (C=O) groups is 2. The van der Waals surface area contributed by atoms with Crippen molar-refractivity contribution in [1.82, 2.24) is 4.90 Å². The van der Waals surface area contributed by atoms with Crippen molar-refractivity contribution in [3.05, 3.63) is 71.1 Å². The molecule has 0 spiro atoms. The molecule has 5 heteroatoms. The number of amides is 2. The first kappa shape index (κ1) is 19.2. The normalized spacial score (nSPS) is 15.3. The molecule has 1 N–H and O–H groups in total. The average molecular weight is 381 g/mol. The van der Waals surface area contributed by atoms with Crippen LogP contribution in [0.1, 0.15) is 37.3 Å². The van der Waals surface area contributed by atoms with Crippen molar-refractivity contribution in [3.63, 3.8) is 0 Å². The predicted molar refractivity (Wildman–Crippen MR) is 112 cm³/mol. The van der Waals surface area contributed by atoms with E-state index >= 15 is 0 Å². The quantitative estimate of drug-likeness (QED) is 0.789. The van der Waals surface area contributed by atoms with E-state index in [9.17, 15) is 9.59 Å². The molecular formula is C22H24N2O2S. The van der Waals surface area contributed by atoms with Crippen LogP contribution < -0.4 is 5.32 Å². The van der Waals surface area contributed by atoms with Crippen LogP contribution in [0, 0.1) is 0 Å². The highest BCUT2D eigenvalue weighted by Gasteiger charge is 2.25. The summed E-state index contributed by atoms with van der Waals surface area (Å²) < 4.78 is 0. The molecule has 1 atom stereocenters. The van der Waals surface area contributed by atoms with Crippen LogP contribution in [0.15, 0.2) is 60.0 Å². The molecule has 0 bridgehead atoms. The highest BCUT2D eigenvalue weighted by molar-refractivity contribution is 8.03. The fourth-order valence-electron chi connectivity index (χ4n) is 3.07. The van der Waals surface area contributed by atoms with Crippen LogP contribution in [0.5, 0.6) is 0 Å². The molecule has 2 aromatic carbocycles. The Balaban J connectivity index is 1.78. The maximum absolute atomic E-state index is 12.7. The van der Waals surface area contributed by atoms with Crippen LogP contribution in [-0.2, 0) is 9.59 Å². The summed E-state index contributed by atoms with van der Waals surface area (Å²) in [5.74, 6) is 0.474. The van der Waals surface area contributed by atoms with E-state index < -0.39 is 0 Å². The summed E-state index contributed by atoms with van der Waals surface area (Å²) in [5.41, 5.74) is 3.65. The van der Waals surface area contributed by atoms with Gasteiger partial charge in [-0.15, -0.1) is 11.8 Å². The van der Waals surface area contributed by atoms with E-state index in [4.69, 9.17) is 0 Å². The first-order valence-electron chi connectivity index (χ1n) is 9.16. The Kier molecular flexibility index (Phi) is 6.35. The largest absolute Gasteiger partial charge is 0.324 e. The molecule has 1 aliphatic heterocycles. The molecule has 4 nitrogen and oxygen atoms in total. The van der Waals surface area contributed by atoms with Gasteiger partial charge >= 0.3 is 0 Å². The van der Waals surface area contributed by atoms with E-state index in [0.717, 1.165) is 28.9 Å². The summed E-state index contributed by atoms with van der Waals surface area (Å²) in [7, 11) is 0. The van der Waals surface area contributed by atoms with Crippen molar-refractivity contribution < 1.29 is 9.59 Å². The molecule has 1 aliphatic rings. The highest BCUT2D eigenvalue weighted by Crippen LogP contribution is 2.29. The maximum atomic E-state index is 12.7. The number of hydrogen-bond donors (Lipinski definition) is 1. The number of para-hydroxylation sites is 1. The Morgan fingerprint density at radius 2 is 1.85 bits per heavy atom. The second-order valence-electron chi connectivity index (χ2n) is 6.60. The zero-order valence-corrected chi connectivity index (χ0v) is 16.5. The van der Waals surface area contributed by atoms with E-state index in [1.165, 1.54) is 11.8 Å². The lowest BCUT2D eigenvalue weighted by Gasteiger charge is -2.28. The fourth-order valence-corrected chi connectivity index (χ4v) is 3.87. The van der Waals surface area contributed by atoms with Crippen LogP contribution in [0.25, 0.3) is 5.70 Å². The van der Waals surface area contributed by atoms with Crippen LogP contribution >= 0.6 is 11.8 Å². The van der Waals surface area contributed by atoms with Gasteiger partial charge in [0.05, 0.1) is 11.4 Å². The van der Waals surface area contributed by atoms with Crippen molar-refractivity contribution in [2.45, 2.75) is 26.2 Å². The number of thioether (sulfide) groups is 1. The minimum absolute atomic E-state index is 0.00889. The molecule has 0 saturated heterocycles. The third-order valence-electron chi connectivity index (χ3n) is 4.74. The van der Waals surface area contributed by atoms with Crippen molar-refractivity contribution in [2.24, 2.45) is 0 Å². The van der Waals surface area contributed by atoms with Crippen molar-refractivity contribution >= 4 is 35.0 Å². The van der Waals surface area contributed by atoms with Crippen LogP contribution in [0.4, 0.5) is 5.69 Å². The van der Waals surface area contributed by atoms with Crippen LogP contribution in [-0.4, -0.2) is 29.0 Å². The van der Waals surface area contributed by atoms with Gasteiger partial charge in [0.1, 0.15) is 6.54 Å². The number of nitrogens with one attached hydrogen (secondary N) is 1. The van der Waals surface area contributed by atoms with Crippen molar-refractivity contribution in [3.8, 4) is 0 Å². The van der Waals surface area contributed by atoms with Gasteiger partial charge in [-0.2, -0.15) is 0 Å². The topological polar surface area (TPSA) is 49.4 Å². The van der Waals surface area contributed by atoms with E-state index in [-0.39, 0.29) is 18.4 Å². The smallest absolute Gasteiger partial charge is 0.244 e. The Morgan fingerprint density at radius 1 is 1.15 bits per heavy atom. The summed E-state index contributed by atoms with van der Waals surface area (Å²) in [6.07, 6.45) is 0.996. The van der Waals surface area contributed by atoms with Gasteiger partial charge in [-0.1, -0.05) is 62.4 Å². The van der Waals surface area contributed by atoms with Crippen LogP contribution in [0.2, 0.25) is 0 Å². The maximum Gasteiger partial charge on any atom is 0.244 e. The number of carbonyl (C=O) groups excluding carboxylic acids is 2. The molecule has 140 valence electrons. The van der Waals surface area contributed by atoms with Gasteiger partial charge in [0.2, 0.25) is 11.8 Å². The molecule has 0 aromatic heterocycles. The van der Waals surface area contributed by atoms with Gasteiger partial charge < -0.3 is 10.2 Å². The Morgan fingerprint density at radius 3 is 2.59 bits per heavy atom. The molecule has 0 aliphatic carbocycles. The van der Waals surface area contributed by atoms with E-state index in [1.54, 1.807) is 4.90 Å². The molecule has 3 rings (SSSR count). The molecule has 2 amide bonds. The number of rotatable bonds is 6. The Labute approximate surface area is 164 Å². The monoisotopic (exact) mass is 380 g/mol. The second kappa shape index (κ2) is 8.91.